The van der Waals surface area contributed by atoms with Gasteiger partial charge in [0.1, 0.15) is 11.6 Å². The van der Waals surface area contributed by atoms with E-state index < -0.39 is 11.8 Å². The van der Waals surface area contributed by atoms with Gasteiger partial charge in [0.05, 0.1) is 43.2 Å². The third-order valence-electron chi connectivity index (χ3n) is 7.08. The molecule has 10 heteroatoms. The first kappa shape index (κ1) is 33.8. The molecule has 0 fully saturated rings. The van der Waals surface area contributed by atoms with Crippen molar-refractivity contribution >= 4 is 29.5 Å². The molecule has 0 spiro atoms. The molecule has 0 aliphatic rings. The van der Waals surface area contributed by atoms with Crippen molar-refractivity contribution in [1.29, 1.82) is 0 Å². The monoisotopic (exact) mass is 612 g/mol. The van der Waals surface area contributed by atoms with Crippen molar-refractivity contribution < 1.29 is 33.4 Å². The summed E-state index contributed by atoms with van der Waals surface area (Å²) < 4.78 is 27.9. The number of rotatable bonds is 17. The molecule has 8 nitrogen and oxygen atoms in total. The van der Waals surface area contributed by atoms with E-state index in [1.54, 1.807) is 30.3 Å². The highest BCUT2D eigenvalue weighted by atomic mass is 32.2. The van der Waals surface area contributed by atoms with Crippen LogP contribution >= 0.6 is 11.8 Å². The van der Waals surface area contributed by atoms with Gasteiger partial charge in [-0.1, -0.05) is 51.1 Å². The van der Waals surface area contributed by atoms with Crippen molar-refractivity contribution in [2.45, 2.75) is 71.6 Å². The van der Waals surface area contributed by atoms with Crippen LogP contribution in [-0.2, 0) is 33.7 Å². The van der Waals surface area contributed by atoms with Crippen LogP contribution < -0.4 is 4.74 Å². The maximum absolute atomic E-state index is 15.5. The molecule has 1 heterocycles. The minimum absolute atomic E-state index is 0.0988. The summed E-state index contributed by atoms with van der Waals surface area (Å²) in [4.78, 5) is 41.3. The first-order valence-electron chi connectivity index (χ1n) is 14.6. The fourth-order valence-corrected chi connectivity index (χ4v) is 6.31. The summed E-state index contributed by atoms with van der Waals surface area (Å²) >= 11 is 1.49. The van der Waals surface area contributed by atoms with Crippen LogP contribution in [0.2, 0.25) is 0 Å². The minimum Gasteiger partial charge on any atom is -0.478 e. The van der Waals surface area contributed by atoms with Crippen LogP contribution in [0.25, 0.3) is 11.1 Å². The number of imidazole rings is 1. The number of carboxylic acids is 1. The number of carboxylic acid groups (broad SMARTS) is 1. The molecule has 43 heavy (non-hydrogen) atoms. The number of benzene rings is 2. The maximum atomic E-state index is 15.5. The van der Waals surface area contributed by atoms with Crippen LogP contribution in [0.15, 0.2) is 42.5 Å². The number of methoxy groups -OCH3 is 1. The number of carbonyl (C=O) groups is 3. The number of ketones is 1. The quantitative estimate of drug-likeness (QED) is 0.170. The summed E-state index contributed by atoms with van der Waals surface area (Å²) in [5, 5.41) is 9.32. The third kappa shape index (κ3) is 9.16. The molecule has 0 aliphatic heterocycles. The van der Waals surface area contributed by atoms with Gasteiger partial charge >= 0.3 is 11.9 Å². The standard InChI is InChI=1S/C33H41FN2O6S/c1-6-27-28(14-15-29(37)30(18-21(3)4)43-17-16-31(38)41-5)36(33(35-27)42-7-2)20-23-13-12-22(19-26(23)34)24-10-8-9-11-25(24)32(39)40/h8-13,19,21,30H,6-7,14-18,20H2,1-5H3,(H,39,40)/t30-/m0/s1. The number of esters is 1. The second kappa shape index (κ2) is 16.3. The van der Waals surface area contributed by atoms with E-state index in [-0.39, 0.29) is 42.0 Å². The van der Waals surface area contributed by atoms with E-state index in [4.69, 9.17) is 9.47 Å². The van der Waals surface area contributed by atoms with E-state index in [0.717, 1.165) is 11.4 Å². The topological polar surface area (TPSA) is 108 Å². The average Bonchev–Trinajstić information content (AvgIpc) is 3.31. The van der Waals surface area contributed by atoms with E-state index in [1.165, 1.54) is 31.0 Å². The van der Waals surface area contributed by atoms with Crippen molar-refractivity contribution in [2.24, 2.45) is 5.92 Å². The molecule has 3 rings (SSSR count). The molecular formula is C33H41FN2O6S. The van der Waals surface area contributed by atoms with Crippen LogP contribution in [-0.4, -0.2) is 57.1 Å². The van der Waals surface area contributed by atoms with Crippen LogP contribution in [0.3, 0.4) is 0 Å². The minimum atomic E-state index is -1.08. The molecular weight excluding hydrogens is 571 g/mol. The predicted octanol–water partition coefficient (Wildman–Crippen LogP) is 6.61. The van der Waals surface area contributed by atoms with Gasteiger partial charge in [-0.05, 0) is 55.4 Å². The summed E-state index contributed by atoms with van der Waals surface area (Å²) in [6.45, 7) is 8.49. The normalized spacial score (nSPS) is 11.9. The summed E-state index contributed by atoms with van der Waals surface area (Å²) in [6, 6.07) is 11.6. The summed E-state index contributed by atoms with van der Waals surface area (Å²) in [6.07, 6.45) is 2.27. The molecule has 0 radical (unpaired) electrons. The number of aryl methyl sites for hydroxylation is 1. The van der Waals surface area contributed by atoms with Crippen molar-refractivity contribution in [1.82, 2.24) is 9.55 Å². The molecule has 0 bridgehead atoms. The first-order chi connectivity index (χ1) is 20.6. The molecule has 0 aliphatic carbocycles. The number of carbonyl (C=O) groups excluding carboxylic acids is 2. The van der Waals surface area contributed by atoms with Crippen molar-refractivity contribution in [2.75, 3.05) is 19.5 Å². The number of aromatic nitrogens is 2. The fourth-order valence-electron chi connectivity index (χ4n) is 4.92. The van der Waals surface area contributed by atoms with Crippen molar-refractivity contribution in [3.63, 3.8) is 0 Å². The zero-order valence-electron chi connectivity index (χ0n) is 25.5. The number of hydrogen-bond donors (Lipinski definition) is 1. The lowest BCUT2D eigenvalue weighted by molar-refractivity contribution is -0.140. The molecule has 2 aromatic carbocycles. The van der Waals surface area contributed by atoms with Gasteiger partial charge < -0.3 is 14.6 Å². The second-order valence-corrected chi connectivity index (χ2v) is 11.9. The van der Waals surface area contributed by atoms with E-state index in [9.17, 15) is 19.5 Å². The Hall–Kier alpha value is -3.66. The number of Topliss-reactive ketones (excluding diaryl/α,β-unsaturated/α-hetero) is 1. The van der Waals surface area contributed by atoms with Gasteiger partial charge in [0.2, 0.25) is 0 Å². The number of nitrogens with zero attached hydrogens (tertiary/aromatic N) is 2. The van der Waals surface area contributed by atoms with E-state index in [0.29, 0.717) is 60.2 Å². The van der Waals surface area contributed by atoms with Gasteiger partial charge in [-0.3, -0.25) is 14.2 Å². The Morgan fingerprint density at radius 3 is 2.47 bits per heavy atom. The Bertz CT molecular complexity index is 1420. The molecule has 0 saturated heterocycles. The average molecular weight is 613 g/mol. The summed E-state index contributed by atoms with van der Waals surface area (Å²) in [5.74, 6) is -0.932. The SMILES string of the molecule is CCOc1nc(CC)c(CCC(=O)[C@H](CC(C)C)SCCC(=O)OC)n1Cc1ccc(-c2ccccc2C(=O)O)cc1F. The maximum Gasteiger partial charge on any atom is 0.336 e. The molecule has 232 valence electrons. The lowest BCUT2D eigenvalue weighted by Crippen LogP contribution is -2.22. The zero-order chi connectivity index (χ0) is 31.5. The van der Waals surface area contributed by atoms with Crippen LogP contribution in [0.5, 0.6) is 6.01 Å². The number of hydrogen-bond acceptors (Lipinski definition) is 7. The smallest absolute Gasteiger partial charge is 0.336 e. The van der Waals surface area contributed by atoms with Gasteiger partial charge in [-0.2, -0.15) is 11.8 Å². The number of ether oxygens (including phenoxy) is 2. The van der Waals surface area contributed by atoms with Crippen LogP contribution in [0.4, 0.5) is 4.39 Å². The van der Waals surface area contributed by atoms with Gasteiger partial charge in [-0.15, -0.1) is 0 Å². The Kier molecular flexibility index (Phi) is 12.8. The molecule has 1 aromatic heterocycles. The van der Waals surface area contributed by atoms with E-state index in [2.05, 4.69) is 18.8 Å². The van der Waals surface area contributed by atoms with Crippen molar-refractivity contribution in [3.8, 4) is 17.1 Å². The van der Waals surface area contributed by atoms with Crippen LogP contribution in [0.1, 0.15) is 74.3 Å². The Balaban J connectivity index is 1.87. The highest BCUT2D eigenvalue weighted by Crippen LogP contribution is 2.29. The summed E-state index contributed by atoms with van der Waals surface area (Å²) in [5.41, 5.74) is 3.01. The zero-order valence-corrected chi connectivity index (χ0v) is 26.3. The van der Waals surface area contributed by atoms with Crippen molar-refractivity contribution in [3.05, 3.63) is 70.8 Å². The number of thioether (sulfide) groups is 1. The fraction of sp³-hybridized carbons (Fsp3) is 0.455. The second-order valence-electron chi connectivity index (χ2n) is 10.6. The number of halogens is 1. The van der Waals surface area contributed by atoms with Gasteiger partial charge in [0, 0.05) is 23.4 Å². The highest BCUT2D eigenvalue weighted by Gasteiger charge is 2.24. The lowest BCUT2D eigenvalue weighted by Gasteiger charge is -2.18. The molecule has 1 atom stereocenters. The largest absolute Gasteiger partial charge is 0.478 e. The van der Waals surface area contributed by atoms with Crippen LogP contribution in [0, 0.1) is 11.7 Å². The molecule has 1 N–H and O–H groups in total. The molecule has 3 aromatic rings. The third-order valence-corrected chi connectivity index (χ3v) is 8.38. The molecule has 0 amide bonds. The lowest BCUT2D eigenvalue weighted by atomic mass is 9.98. The van der Waals surface area contributed by atoms with E-state index >= 15 is 4.39 Å². The molecule has 0 unspecified atom stereocenters. The van der Waals surface area contributed by atoms with E-state index in [1.807, 2.05) is 18.4 Å². The highest BCUT2D eigenvalue weighted by molar-refractivity contribution is 8.00. The Morgan fingerprint density at radius 1 is 1.09 bits per heavy atom. The number of aromatic carboxylic acids is 1. The van der Waals surface area contributed by atoms with Gasteiger partial charge in [0.25, 0.3) is 6.01 Å². The molecule has 0 saturated carbocycles. The Morgan fingerprint density at radius 2 is 1.84 bits per heavy atom. The summed E-state index contributed by atoms with van der Waals surface area (Å²) in [7, 11) is 1.35. The van der Waals surface area contributed by atoms with Gasteiger partial charge in [0.15, 0.2) is 0 Å². The first-order valence-corrected chi connectivity index (χ1v) is 15.7. The predicted molar refractivity (Wildman–Crippen MR) is 166 cm³/mol. The Labute approximate surface area is 257 Å². The van der Waals surface area contributed by atoms with Gasteiger partial charge in [-0.25, -0.2) is 14.2 Å².